The molecular formula is C21H28N2O2. The molecular weight excluding hydrogens is 312 g/mol. The number of nitrogens with one attached hydrogen (secondary N) is 1. The van der Waals surface area contributed by atoms with Gasteiger partial charge in [-0.05, 0) is 55.9 Å². The summed E-state index contributed by atoms with van der Waals surface area (Å²) in [5.41, 5.74) is 6.47. The highest BCUT2D eigenvalue weighted by Gasteiger charge is 2.25. The van der Waals surface area contributed by atoms with Crippen molar-refractivity contribution in [2.45, 2.75) is 51.9 Å². The van der Waals surface area contributed by atoms with Crippen molar-refractivity contribution in [1.82, 2.24) is 5.32 Å². The zero-order valence-electron chi connectivity index (χ0n) is 15.0. The Morgan fingerprint density at radius 2 is 1.84 bits per heavy atom. The first-order valence-corrected chi connectivity index (χ1v) is 9.26. The molecule has 134 valence electrons. The fourth-order valence-electron chi connectivity index (χ4n) is 3.35. The van der Waals surface area contributed by atoms with E-state index in [1.807, 2.05) is 0 Å². The summed E-state index contributed by atoms with van der Waals surface area (Å²) in [5.74, 6) is 6.59. The molecule has 1 aromatic rings. The predicted octanol–water partition coefficient (Wildman–Crippen LogP) is 3.25. The van der Waals surface area contributed by atoms with Crippen molar-refractivity contribution in [3.8, 4) is 11.8 Å². The molecule has 0 aliphatic heterocycles. The highest BCUT2D eigenvalue weighted by molar-refractivity contribution is 5.92. The van der Waals surface area contributed by atoms with Gasteiger partial charge < -0.3 is 11.1 Å². The second-order valence-corrected chi connectivity index (χ2v) is 6.82. The molecule has 0 aromatic heterocycles. The molecule has 1 aliphatic carbocycles. The quantitative estimate of drug-likeness (QED) is 0.780. The lowest BCUT2D eigenvalue weighted by Gasteiger charge is -2.27. The molecule has 25 heavy (non-hydrogen) atoms. The van der Waals surface area contributed by atoms with Gasteiger partial charge in [0.05, 0.1) is 6.54 Å². The van der Waals surface area contributed by atoms with Crippen molar-refractivity contribution < 1.29 is 9.59 Å². The minimum absolute atomic E-state index is 0.132. The number of carbonyl (C=O) groups is 2. The molecule has 0 spiro atoms. The molecule has 2 rings (SSSR count). The van der Waals surface area contributed by atoms with Crippen LogP contribution >= 0.6 is 0 Å². The van der Waals surface area contributed by atoms with Gasteiger partial charge in [-0.1, -0.05) is 38.0 Å². The standard InChI is InChI=1S/C21H28N2O2/c1-2-3-5-16-9-13-19(14-10-16)21(25)23-15-4-6-17-7-11-18(12-8-17)20(22)24/h7-8,11-12,16,19H,2-3,5,9-10,13-15H2,1H3,(H2,22,24)(H,23,25). The summed E-state index contributed by atoms with van der Waals surface area (Å²) < 4.78 is 0. The van der Waals surface area contributed by atoms with E-state index in [0.29, 0.717) is 12.1 Å². The molecule has 0 atom stereocenters. The summed E-state index contributed by atoms with van der Waals surface area (Å²) in [6.07, 6.45) is 8.23. The van der Waals surface area contributed by atoms with Gasteiger partial charge in [0.15, 0.2) is 0 Å². The molecule has 1 aliphatic rings. The van der Waals surface area contributed by atoms with Crippen LogP contribution in [0.5, 0.6) is 0 Å². The Kier molecular flexibility index (Phi) is 7.53. The van der Waals surface area contributed by atoms with Crippen molar-refractivity contribution in [2.24, 2.45) is 17.6 Å². The van der Waals surface area contributed by atoms with Gasteiger partial charge in [-0.3, -0.25) is 9.59 Å². The Morgan fingerprint density at radius 3 is 2.44 bits per heavy atom. The van der Waals surface area contributed by atoms with E-state index in [-0.39, 0.29) is 11.8 Å². The summed E-state index contributed by atoms with van der Waals surface area (Å²) in [4.78, 5) is 23.2. The van der Waals surface area contributed by atoms with Crippen LogP contribution in [0, 0.1) is 23.7 Å². The van der Waals surface area contributed by atoms with Crippen LogP contribution in [0.25, 0.3) is 0 Å². The number of carbonyl (C=O) groups excluding carboxylic acids is 2. The number of amides is 2. The SMILES string of the molecule is CCCCC1CCC(C(=O)NCC#Cc2ccc(C(N)=O)cc2)CC1. The molecule has 1 saturated carbocycles. The first kappa shape index (κ1) is 19.1. The molecule has 4 nitrogen and oxygen atoms in total. The fraction of sp³-hybridized carbons (Fsp3) is 0.524. The van der Waals surface area contributed by atoms with Gasteiger partial charge in [-0.2, -0.15) is 0 Å². The number of benzene rings is 1. The van der Waals surface area contributed by atoms with E-state index in [0.717, 1.165) is 24.3 Å². The predicted molar refractivity (Wildman–Crippen MR) is 99.8 cm³/mol. The third-order valence-corrected chi connectivity index (χ3v) is 4.94. The Labute approximate surface area is 150 Å². The van der Waals surface area contributed by atoms with Crippen LogP contribution in [0.15, 0.2) is 24.3 Å². The van der Waals surface area contributed by atoms with Gasteiger partial charge in [-0.25, -0.2) is 0 Å². The van der Waals surface area contributed by atoms with Crippen molar-refractivity contribution in [3.63, 3.8) is 0 Å². The van der Waals surface area contributed by atoms with Crippen molar-refractivity contribution >= 4 is 11.8 Å². The van der Waals surface area contributed by atoms with E-state index >= 15 is 0 Å². The van der Waals surface area contributed by atoms with E-state index in [1.165, 1.54) is 32.1 Å². The molecule has 0 unspecified atom stereocenters. The van der Waals surface area contributed by atoms with Crippen molar-refractivity contribution in [2.75, 3.05) is 6.54 Å². The average Bonchev–Trinajstić information content (AvgIpc) is 2.64. The lowest BCUT2D eigenvalue weighted by Crippen LogP contribution is -2.33. The molecule has 4 heteroatoms. The normalized spacial score (nSPS) is 19.6. The number of nitrogens with two attached hydrogens (primary N) is 1. The third kappa shape index (κ3) is 6.26. The second kappa shape index (κ2) is 9.88. The number of hydrogen-bond acceptors (Lipinski definition) is 2. The minimum Gasteiger partial charge on any atom is -0.366 e. The van der Waals surface area contributed by atoms with Crippen LogP contribution in [-0.4, -0.2) is 18.4 Å². The number of primary amides is 1. The van der Waals surface area contributed by atoms with Crippen LogP contribution in [-0.2, 0) is 4.79 Å². The lowest BCUT2D eigenvalue weighted by molar-refractivity contribution is -0.125. The topological polar surface area (TPSA) is 72.2 Å². The van der Waals surface area contributed by atoms with Gasteiger partial charge in [0.1, 0.15) is 0 Å². The molecule has 1 fully saturated rings. The van der Waals surface area contributed by atoms with Gasteiger partial charge in [-0.15, -0.1) is 0 Å². The summed E-state index contributed by atoms with van der Waals surface area (Å²) in [6.45, 7) is 2.58. The maximum atomic E-state index is 12.2. The lowest BCUT2D eigenvalue weighted by atomic mass is 9.79. The van der Waals surface area contributed by atoms with E-state index in [2.05, 4.69) is 24.1 Å². The highest BCUT2D eigenvalue weighted by atomic mass is 16.2. The Morgan fingerprint density at radius 1 is 1.16 bits per heavy atom. The van der Waals surface area contributed by atoms with Crippen LogP contribution in [0.3, 0.4) is 0 Å². The second-order valence-electron chi connectivity index (χ2n) is 6.82. The monoisotopic (exact) mass is 340 g/mol. The minimum atomic E-state index is -0.448. The molecule has 2 amide bonds. The van der Waals surface area contributed by atoms with Gasteiger partial charge in [0.25, 0.3) is 0 Å². The van der Waals surface area contributed by atoms with Crippen LogP contribution in [0.2, 0.25) is 0 Å². The third-order valence-electron chi connectivity index (χ3n) is 4.94. The number of unbranched alkanes of at least 4 members (excludes halogenated alkanes) is 1. The largest absolute Gasteiger partial charge is 0.366 e. The summed E-state index contributed by atoms with van der Waals surface area (Å²) in [5, 5.41) is 2.92. The van der Waals surface area contributed by atoms with Crippen molar-refractivity contribution in [3.05, 3.63) is 35.4 Å². The molecule has 0 bridgehead atoms. The van der Waals surface area contributed by atoms with Crippen LogP contribution in [0.1, 0.15) is 67.8 Å². The zero-order chi connectivity index (χ0) is 18.1. The number of hydrogen-bond donors (Lipinski definition) is 2. The molecule has 0 saturated heterocycles. The summed E-state index contributed by atoms with van der Waals surface area (Å²) in [6, 6.07) is 6.82. The maximum absolute atomic E-state index is 12.2. The maximum Gasteiger partial charge on any atom is 0.248 e. The first-order chi connectivity index (χ1) is 12.1. The summed E-state index contributed by atoms with van der Waals surface area (Å²) >= 11 is 0. The van der Waals surface area contributed by atoms with E-state index in [1.54, 1.807) is 24.3 Å². The van der Waals surface area contributed by atoms with E-state index in [4.69, 9.17) is 5.73 Å². The smallest absolute Gasteiger partial charge is 0.248 e. The number of rotatable bonds is 6. The van der Waals surface area contributed by atoms with Gasteiger partial charge in [0, 0.05) is 17.0 Å². The molecule has 1 aromatic carbocycles. The fourth-order valence-corrected chi connectivity index (χ4v) is 3.35. The highest BCUT2D eigenvalue weighted by Crippen LogP contribution is 2.31. The van der Waals surface area contributed by atoms with Crippen molar-refractivity contribution in [1.29, 1.82) is 0 Å². The molecule has 0 heterocycles. The van der Waals surface area contributed by atoms with E-state index < -0.39 is 5.91 Å². The van der Waals surface area contributed by atoms with E-state index in [9.17, 15) is 9.59 Å². The van der Waals surface area contributed by atoms with Crippen LogP contribution < -0.4 is 11.1 Å². The Bertz CT molecular complexity index is 632. The van der Waals surface area contributed by atoms with Gasteiger partial charge in [0.2, 0.25) is 11.8 Å². The Hall–Kier alpha value is -2.28. The first-order valence-electron chi connectivity index (χ1n) is 9.26. The Balaban J connectivity index is 1.71. The van der Waals surface area contributed by atoms with Gasteiger partial charge >= 0.3 is 0 Å². The molecule has 0 radical (unpaired) electrons. The average molecular weight is 340 g/mol. The molecule has 3 N–H and O–H groups in total. The van der Waals surface area contributed by atoms with Crippen LogP contribution in [0.4, 0.5) is 0 Å². The zero-order valence-corrected chi connectivity index (χ0v) is 15.0. The summed E-state index contributed by atoms with van der Waals surface area (Å²) in [7, 11) is 0.